The van der Waals surface area contributed by atoms with Crippen LogP contribution in [-0.4, -0.2) is 19.6 Å². The molecule has 1 aliphatic carbocycles. The van der Waals surface area contributed by atoms with Crippen molar-refractivity contribution in [2.75, 3.05) is 19.6 Å². The molecule has 0 radical (unpaired) electrons. The summed E-state index contributed by atoms with van der Waals surface area (Å²) in [6, 6.07) is 0. The van der Waals surface area contributed by atoms with Gasteiger partial charge in [-0.1, -0.05) is 33.6 Å². The highest BCUT2D eigenvalue weighted by Crippen LogP contribution is 2.36. The molecule has 0 aromatic carbocycles. The second-order valence-electron chi connectivity index (χ2n) is 6.03. The number of nitrogens with one attached hydrogen (secondary N) is 1. The van der Waals surface area contributed by atoms with E-state index in [1.165, 1.54) is 32.1 Å². The predicted octanol–water partition coefficient (Wildman–Crippen LogP) is 2.53. The molecule has 0 atom stereocenters. The van der Waals surface area contributed by atoms with Gasteiger partial charge in [0.1, 0.15) is 0 Å². The minimum atomic E-state index is 0.420. The fraction of sp³-hybridized carbons (Fsp3) is 1.00. The first-order valence-electron chi connectivity index (χ1n) is 6.44. The molecule has 2 nitrogen and oxygen atoms in total. The maximum atomic E-state index is 5.91. The molecule has 90 valence electrons. The average Bonchev–Trinajstić information content (AvgIpc) is 2.67. The Morgan fingerprint density at radius 3 is 2.33 bits per heavy atom. The van der Waals surface area contributed by atoms with Crippen LogP contribution in [0.3, 0.4) is 0 Å². The van der Waals surface area contributed by atoms with Crippen LogP contribution < -0.4 is 11.1 Å². The molecule has 0 aromatic heterocycles. The Hall–Kier alpha value is -0.0800. The maximum absolute atomic E-state index is 5.91. The first-order valence-corrected chi connectivity index (χ1v) is 6.44. The molecule has 0 aromatic rings. The molecule has 0 bridgehead atoms. The van der Waals surface area contributed by atoms with E-state index in [2.05, 4.69) is 26.1 Å². The number of hydrogen-bond donors (Lipinski definition) is 2. The van der Waals surface area contributed by atoms with Crippen molar-refractivity contribution < 1.29 is 0 Å². The fourth-order valence-corrected chi connectivity index (χ4v) is 2.37. The van der Waals surface area contributed by atoms with Crippen molar-refractivity contribution in [3.8, 4) is 0 Å². The van der Waals surface area contributed by atoms with Gasteiger partial charge in [-0.25, -0.2) is 0 Å². The van der Waals surface area contributed by atoms with Crippen LogP contribution in [0.15, 0.2) is 0 Å². The van der Waals surface area contributed by atoms with Gasteiger partial charge in [0.2, 0.25) is 0 Å². The van der Waals surface area contributed by atoms with Crippen molar-refractivity contribution in [2.24, 2.45) is 16.6 Å². The largest absolute Gasteiger partial charge is 0.330 e. The third-order valence-electron chi connectivity index (χ3n) is 4.16. The van der Waals surface area contributed by atoms with Gasteiger partial charge in [-0.3, -0.25) is 0 Å². The van der Waals surface area contributed by atoms with E-state index in [1.807, 2.05) is 0 Å². The van der Waals surface area contributed by atoms with Gasteiger partial charge in [0.05, 0.1) is 0 Å². The molecule has 0 heterocycles. The Labute approximate surface area is 95.0 Å². The number of nitrogens with two attached hydrogens (primary N) is 1. The van der Waals surface area contributed by atoms with E-state index >= 15 is 0 Å². The lowest BCUT2D eigenvalue weighted by molar-refractivity contribution is 0.255. The highest BCUT2D eigenvalue weighted by Gasteiger charge is 2.32. The minimum absolute atomic E-state index is 0.420. The van der Waals surface area contributed by atoms with Gasteiger partial charge in [0.15, 0.2) is 0 Å². The molecule has 15 heavy (non-hydrogen) atoms. The summed E-state index contributed by atoms with van der Waals surface area (Å²) in [5.41, 5.74) is 6.76. The Morgan fingerprint density at radius 1 is 1.27 bits per heavy atom. The van der Waals surface area contributed by atoms with E-state index in [0.29, 0.717) is 10.8 Å². The highest BCUT2D eigenvalue weighted by molar-refractivity contribution is 4.88. The van der Waals surface area contributed by atoms with E-state index in [0.717, 1.165) is 19.6 Å². The average molecular weight is 212 g/mol. The van der Waals surface area contributed by atoms with E-state index < -0.39 is 0 Å². The highest BCUT2D eigenvalue weighted by atomic mass is 14.9. The normalized spacial score (nSPS) is 20.8. The molecule has 3 N–H and O–H groups in total. The summed E-state index contributed by atoms with van der Waals surface area (Å²) in [6.07, 6.45) is 6.62. The van der Waals surface area contributed by atoms with Gasteiger partial charge in [0.25, 0.3) is 0 Å². The van der Waals surface area contributed by atoms with Crippen LogP contribution in [0.25, 0.3) is 0 Å². The van der Waals surface area contributed by atoms with Crippen molar-refractivity contribution in [3.05, 3.63) is 0 Å². The minimum Gasteiger partial charge on any atom is -0.330 e. The van der Waals surface area contributed by atoms with Gasteiger partial charge in [0, 0.05) is 13.1 Å². The van der Waals surface area contributed by atoms with E-state index in [1.54, 1.807) is 0 Å². The Kier molecular flexibility index (Phi) is 4.60. The summed E-state index contributed by atoms with van der Waals surface area (Å²) in [4.78, 5) is 0. The van der Waals surface area contributed by atoms with Gasteiger partial charge < -0.3 is 11.1 Å². The molecule has 0 amide bonds. The molecule has 0 unspecified atom stereocenters. The fourth-order valence-electron chi connectivity index (χ4n) is 2.37. The summed E-state index contributed by atoms with van der Waals surface area (Å²) in [6.45, 7) is 9.99. The van der Waals surface area contributed by atoms with Crippen LogP contribution in [0.1, 0.15) is 52.9 Å². The number of rotatable bonds is 6. The van der Waals surface area contributed by atoms with Crippen LogP contribution in [0.4, 0.5) is 0 Å². The van der Waals surface area contributed by atoms with Crippen molar-refractivity contribution in [1.29, 1.82) is 0 Å². The third-order valence-corrected chi connectivity index (χ3v) is 4.16. The molecule has 0 aliphatic heterocycles. The topological polar surface area (TPSA) is 38.0 Å². The summed E-state index contributed by atoms with van der Waals surface area (Å²) >= 11 is 0. The van der Waals surface area contributed by atoms with Crippen molar-refractivity contribution in [1.82, 2.24) is 5.32 Å². The van der Waals surface area contributed by atoms with Crippen LogP contribution in [0, 0.1) is 10.8 Å². The lowest BCUT2D eigenvalue weighted by Crippen LogP contribution is -2.41. The lowest BCUT2D eigenvalue weighted by Gasteiger charge is -2.30. The second-order valence-corrected chi connectivity index (χ2v) is 6.03. The van der Waals surface area contributed by atoms with Gasteiger partial charge >= 0.3 is 0 Å². The SMILES string of the molecule is CCC(C)(C)CNCC1(CN)CCCC1. The molecule has 1 rings (SSSR count). The van der Waals surface area contributed by atoms with Gasteiger partial charge in [-0.15, -0.1) is 0 Å². The van der Waals surface area contributed by atoms with Crippen LogP contribution in [-0.2, 0) is 0 Å². The quantitative estimate of drug-likeness (QED) is 0.710. The summed E-state index contributed by atoms with van der Waals surface area (Å²) in [7, 11) is 0. The van der Waals surface area contributed by atoms with E-state index in [4.69, 9.17) is 5.73 Å². The third kappa shape index (κ3) is 3.76. The zero-order valence-electron chi connectivity index (χ0n) is 10.7. The zero-order chi connectivity index (χ0) is 11.4. The molecular formula is C13H28N2. The van der Waals surface area contributed by atoms with Gasteiger partial charge in [-0.2, -0.15) is 0 Å². The maximum Gasteiger partial charge on any atom is 0.00201 e. The molecular weight excluding hydrogens is 184 g/mol. The monoisotopic (exact) mass is 212 g/mol. The van der Waals surface area contributed by atoms with E-state index in [9.17, 15) is 0 Å². The van der Waals surface area contributed by atoms with Gasteiger partial charge in [-0.05, 0) is 36.6 Å². The van der Waals surface area contributed by atoms with Crippen molar-refractivity contribution in [3.63, 3.8) is 0 Å². The molecule has 1 aliphatic rings. The summed E-state index contributed by atoms with van der Waals surface area (Å²) in [5.74, 6) is 0. The van der Waals surface area contributed by atoms with E-state index in [-0.39, 0.29) is 0 Å². The Bertz CT molecular complexity index is 181. The standard InChI is InChI=1S/C13H28N2/c1-4-12(2,3)10-15-11-13(9-14)7-5-6-8-13/h15H,4-11,14H2,1-3H3. The zero-order valence-corrected chi connectivity index (χ0v) is 10.7. The second kappa shape index (κ2) is 5.31. The first-order chi connectivity index (χ1) is 7.04. The number of hydrogen-bond acceptors (Lipinski definition) is 2. The lowest BCUT2D eigenvalue weighted by atomic mass is 9.85. The molecule has 0 spiro atoms. The molecule has 0 saturated heterocycles. The Balaban J connectivity index is 2.29. The summed E-state index contributed by atoms with van der Waals surface area (Å²) < 4.78 is 0. The van der Waals surface area contributed by atoms with Crippen molar-refractivity contribution >= 4 is 0 Å². The molecule has 1 saturated carbocycles. The predicted molar refractivity (Wildman–Crippen MR) is 66.9 cm³/mol. The van der Waals surface area contributed by atoms with Crippen LogP contribution in [0.2, 0.25) is 0 Å². The first kappa shape index (κ1) is 13.0. The molecule has 2 heteroatoms. The van der Waals surface area contributed by atoms with Crippen LogP contribution in [0.5, 0.6) is 0 Å². The Morgan fingerprint density at radius 2 is 1.87 bits per heavy atom. The molecule has 1 fully saturated rings. The smallest absolute Gasteiger partial charge is 0.00201 e. The summed E-state index contributed by atoms with van der Waals surface area (Å²) in [5, 5.41) is 3.63. The van der Waals surface area contributed by atoms with Crippen LogP contribution >= 0.6 is 0 Å². The van der Waals surface area contributed by atoms with Crippen molar-refractivity contribution in [2.45, 2.75) is 52.9 Å².